The van der Waals surface area contributed by atoms with Crippen molar-refractivity contribution >= 4 is 10.8 Å². The van der Waals surface area contributed by atoms with E-state index in [0.717, 1.165) is 5.39 Å². The third kappa shape index (κ3) is 1.26. The SMILES string of the molecule is Cc1ccc2cc(O)ccc2c1C. The summed E-state index contributed by atoms with van der Waals surface area (Å²) in [6.07, 6.45) is 0. The van der Waals surface area contributed by atoms with E-state index in [1.165, 1.54) is 16.5 Å². The zero-order valence-corrected chi connectivity index (χ0v) is 7.83. The summed E-state index contributed by atoms with van der Waals surface area (Å²) in [6.45, 7) is 4.20. The fourth-order valence-corrected chi connectivity index (χ4v) is 1.58. The summed E-state index contributed by atoms with van der Waals surface area (Å²) >= 11 is 0. The molecule has 0 saturated heterocycles. The fourth-order valence-electron chi connectivity index (χ4n) is 1.58. The Labute approximate surface area is 77.6 Å². The maximum absolute atomic E-state index is 9.29. The van der Waals surface area contributed by atoms with Gasteiger partial charge in [-0.25, -0.2) is 0 Å². The predicted octanol–water partition coefficient (Wildman–Crippen LogP) is 3.16. The van der Waals surface area contributed by atoms with E-state index in [-0.39, 0.29) is 0 Å². The van der Waals surface area contributed by atoms with Crippen molar-refractivity contribution in [1.82, 2.24) is 0 Å². The number of fused-ring (bicyclic) bond motifs is 1. The summed E-state index contributed by atoms with van der Waals surface area (Å²) in [5.41, 5.74) is 2.58. The van der Waals surface area contributed by atoms with E-state index in [4.69, 9.17) is 0 Å². The minimum absolute atomic E-state index is 0.329. The largest absolute Gasteiger partial charge is 0.508 e. The molecule has 0 aromatic heterocycles. The van der Waals surface area contributed by atoms with Crippen LogP contribution in [0.5, 0.6) is 5.75 Å². The van der Waals surface area contributed by atoms with Gasteiger partial charge in [0.25, 0.3) is 0 Å². The van der Waals surface area contributed by atoms with Gasteiger partial charge in [-0.1, -0.05) is 18.2 Å². The first-order chi connectivity index (χ1) is 6.18. The van der Waals surface area contributed by atoms with Crippen molar-refractivity contribution in [3.05, 3.63) is 41.5 Å². The minimum Gasteiger partial charge on any atom is -0.508 e. The number of aryl methyl sites for hydroxylation is 2. The van der Waals surface area contributed by atoms with Gasteiger partial charge < -0.3 is 5.11 Å². The van der Waals surface area contributed by atoms with Gasteiger partial charge in [0.1, 0.15) is 5.75 Å². The van der Waals surface area contributed by atoms with E-state index >= 15 is 0 Å². The molecule has 0 amide bonds. The lowest BCUT2D eigenvalue weighted by atomic mass is 10.0. The highest BCUT2D eigenvalue weighted by Crippen LogP contribution is 2.24. The van der Waals surface area contributed by atoms with E-state index in [2.05, 4.69) is 19.9 Å². The Balaban J connectivity index is 2.87. The Morgan fingerprint density at radius 3 is 2.54 bits per heavy atom. The van der Waals surface area contributed by atoms with Gasteiger partial charge >= 0.3 is 0 Å². The van der Waals surface area contributed by atoms with Crippen LogP contribution in [-0.2, 0) is 0 Å². The first-order valence-electron chi connectivity index (χ1n) is 4.37. The van der Waals surface area contributed by atoms with Crippen LogP contribution in [0, 0.1) is 13.8 Å². The summed E-state index contributed by atoms with van der Waals surface area (Å²) in [4.78, 5) is 0. The number of phenolic OH excluding ortho intramolecular Hbond substituents is 1. The number of hydrogen-bond acceptors (Lipinski definition) is 1. The predicted molar refractivity (Wildman–Crippen MR) is 55.1 cm³/mol. The molecular weight excluding hydrogens is 160 g/mol. The first kappa shape index (κ1) is 8.11. The highest BCUT2D eigenvalue weighted by Gasteiger charge is 2.00. The van der Waals surface area contributed by atoms with Gasteiger partial charge in [-0.15, -0.1) is 0 Å². The number of hydrogen-bond donors (Lipinski definition) is 1. The molecular formula is C12H12O. The maximum Gasteiger partial charge on any atom is 0.116 e. The Bertz CT molecular complexity index is 458. The van der Waals surface area contributed by atoms with Gasteiger partial charge in [-0.3, -0.25) is 0 Å². The van der Waals surface area contributed by atoms with Gasteiger partial charge in [-0.05, 0) is 47.9 Å². The molecule has 0 unspecified atom stereocenters. The molecule has 2 aromatic carbocycles. The number of phenols is 1. The van der Waals surface area contributed by atoms with Gasteiger partial charge in [0, 0.05) is 0 Å². The molecule has 0 spiro atoms. The molecule has 0 atom stereocenters. The van der Waals surface area contributed by atoms with Crippen LogP contribution in [0.25, 0.3) is 10.8 Å². The lowest BCUT2D eigenvalue weighted by molar-refractivity contribution is 0.476. The molecule has 0 radical (unpaired) electrons. The third-order valence-electron chi connectivity index (χ3n) is 2.54. The van der Waals surface area contributed by atoms with Crippen LogP contribution >= 0.6 is 0 Å². The number of aromatic hydroxyl groups is 1. The van der Waals surface area contributed by atoms with E-state index in [9.17, 15) is 5.11 Å². The normalized spacial score (nSPS) is 10.6. The Hall–Kier alpha value is -1.50. The van der Waals surface area contributed by atoms with Crippen molar-refractivity contribution in [3.8, 4) is 5.75 Å². The first-order valence-corrected chi connectivity index (χ1v) is 4.37. The maximum atomic E-state index is 9.29. The molecule has 2 aromatic rings. The monoisotopic (exact) mass is 172 g/mol. The second-order valence-electron chi connectivity index (χ2n) is 3.41. The Kier molecular flexibility index (Phi) is 1.73. The average Bonchev–Trinajstić information content (AvgIpc) is 2.12. The summed E-state index contributed by atoms with van der Waals surface area (Å²) in [7, 11) is 0. The van der Waals surface area contributed by atoms with Crippen LogP contribution in [-0.4, -0.2) is 5.11 Å². The Morgan fingerprint density at radius 2 is 1.77 bits per heavy atom. The standard InChI is InChI=1S/C12H12O/c1-8-3-4-10-7-11(13)5-6-12(10)9(8)2/h3-7,13H,1-2H3. The van der Waals surface area contributed by atoms with E-state index in [1.807, 2.05) is 12.1 Å². The second kappa shape index (κ2) is 2.77. The second-order valence-corrected chi connectivity index (χ2v) is 3.41. The molecule has 66 valence electrons. The molecule has 0 saturated carbocycles. The van der Waals surface area contributed by atoms with Crippen molar-refractivity contribution in [3.63, 3.8) is 0 Å². The third-order valence-corrected chi connectivity index (χ3v) is 2.54. The van der Waals surface area contributed by atoms with Crippen LogP contribution in [0.15, 0.2) is 30.3 Å². The molecule has 1 N–H and O–H groups in total. The molecule has 0 bridgehead atoms. The quantitative estimate of drug-likeness (QED) is 0.647. The molecule has 1 heteroatoms. The molecule has 1 nitrogen and oxygen atoms in total. The van der Waals surface area contributed by atoms with Crippen molar-refractivity contribution < 1.29 is 5.11 Å². The summed E-state index contributed by atoms with van der Waals surface area (Å²) in [5, 5.41) is 11.6. The van der Waals surface area contributed by atoms with Gasteiger partial charge in [0.15, 0.2) is 0 Å². The van der Waals surface area contributed by atoms with Crippen molar-refractivity contribution in [2.45, 2.75) is 13.8 Å². The molecule has 0 aliphatic heterocycles. The topological polar surface area (TPSA) is 20.2 Å². The lowest BCUT2D eigenvalue weighted by Crippen LogP contribution is -1.82. The highest BCUT2D eigenvalue weighted by molar-refractivity contribution is 5.87. The summed E-state index contributed by atoms with van der Waals surface area (Å²) in [6, 6.07) is 9.61. The fraction of sp³-hybridized carbons (Fsp3) is 0.167. The van der Waals surface area contributed by atoms with E-state index in [0.29, 0.717) is 5.75 Å². The zero-order chi connectivity index (χ0) is 9.42. The smallest absolute Gasteiger partial charge is 0.116 e. The van der Waals surface area contributed by atoms with Crippen molar-refractivity contribution in [2.24, 2.45) is 0 Å². The van der Waals surface area contributed by atoms with Crippen LogP contribution < -0.4 is 0 Å². The van der Waals surface area contributed by atoms with Gasteiger partial charge in [0.05, 0.1) is 0 Å². The van der Waals surface area contributed by atoms with E-state index < -0.39 is 0 Å². The zero-order valence-electron chi connectivity index (χ0n) is 7.83. The van der Waals surface area contributed by atoms with Crippen LogP contribution in [0.2, 0.25) is 0 Å². The van der Waals surface area contributed by atoms with E-state index in [1.54, 1.807) is 12.1 Å². The van der Waals surface area contributed by atoms with Crippen LogP contribution in [0.4, 0.5) is 0 Å². The summed E-state index contributed by atoms with van der Waals surface area (Å²) in [5.74, 6) is 0.329. The lowest BCUT2D eigenvalue weighted by Gasteiger charge is -2.05. The van der Waals surface area contributed by atoms with Crippen molar-refractivity contribution in [1.29, 1.82) is 0 Å². The highest BCUT2D eigenvalue weighted by atomic mass is 16.3. The number of rotatable bonds is 0. The molecule has 0 aliphatic rings. The van der Waals surface area contributed by atoms with Crippen molar-refractivity contribution in [2.75, 3.05) is 0 Å². The van der Waals surface area contributed by atoms with Gasteiger partial charge in [-0.2, -0.15) is 0 Å². The average molecular weight is 172 g/mol. The van der Waals surface area contributed by atoms with Crippen LogP contribution in [0.3, 0.4) is 0 Å². The molecule has 0 heterocycles. The summed E-state index contributed by atoms with van der Waals surface area (Å²) < 4.78 is 0. The molecule has 0 fully saturated rings. The van der Waals surface area contributed by atoms with Gasteiger partial charge in [0.2, 0.25) is 0 Å². The molecule has 2 rings (SSSR count). The van der Waals surface area contributed by atoms with Crippen LogP contribution in [0.1, 0.15) is 11.1 Å². The Morgan fingerprint density at radius 1 is 1.00 bits per heavy atom. The molecule has 13 heavy (non-hydrogen) atoms. The minimum atomic E-state index is 0.329. The number of benzene rings is 2. The molecule has 0 aliphatic carbocycles.